The van der Waals surface area contributed by atoms with Crippen LogP contribution in [0.15, 0.2) is 41.4 Å². The van der Waals surface area contributed by atoms with E-state index in [1.165, 1.54) is 36.5 Å². The van der Waals surface area contributed by atoms with Crippen LogP contribution in [-0.4, -0.2) is 21.4 Å². The lowest BCUT2D eigenvalue weighted by molar-refractivity contribution is -0.384. The SMILES string of the molecule is Cc1cc([N+](=O)[O-])ccc1N=Cc1ccc(O)cc1O. The summed E-state index contributed by atoms with van der Waals surface area (Å²) >= 11 is 0. The molecule has 0 radical (unpaired) electrons. The number of aliphatic imine (C=N–C) groups is 1. The lowest BCUT2D eigenvalue weighted by Crippen LogP contribution is -1.88. The minimum Gasteiger partial charge on any atom is -0.508 e. The molecule has 102 valence electrons. The van der Waals surface area contributed by atoms with E-state index in [9.17, 15) is 20.3 Å². The van der Waals surface area contributed by atoms with Crippen molar-refractivity contribution in [1.82, 2.24) is 0 Å². The van der Waals surface area contributed by atoms with E-state index in [2.05, 4.69) is 4.99 Å². The first-order chi connectivity index (χ1) is 9.47. The molecule has 2 aromatic carbocycles. The van der Waals surface area contributed by atoms with E-state index in [1.807, 2.05) is 0 Å². The number of benzene rings is 2. The molecule has 0 saturated carbocycles. The second kappa shape index (κ2) is 5.40. The third kappa shape index (κ3) is 2.92. The molecule has 0 aliphatic heterocycles. The van der Waals surface area contributed by atoms with Gasteiger partial charge in [0.2, 0.25) is 0 Å². The Balaban J connectivity index is 2.29. The Morgan fingerprint density at radius 2 is 1.95 bits per heavy atom. The van der Waals surface area contributed by atoms with E-state index in [0.717, 1.165) is 0 Å². The van der Waals surface area contributed by atoms with E-state index < -0.39 is 4.92 Å². The van der Waals surface area contributed by atoms with Crippen LogP contribution in [-0.2, 0) is 0 Å². The highest BCUT2D eigenvalue weighted by Crippen LogP contribution is 2.25. The molecular formula is C14H12N2O4. The maximum absolute atomic E-state index is 10.6. The lowest BCUT2D eigenvalue weighted by Gasteiger charge is -2.01. The number of nitrogens with zero attached hydrogens (tertiary/aromatic N) is 2. The van der Waals surface area contributed by atoms with Crippen LogP contribution in [0.1, 0.15) is 11.1 Å². The quantitative estimate of drug-likeness (QED) is 0.510. The molecule has 0 atom stereocenters. The van der Waals surface area contributed by atoms with Gasteiger partial charge in [-0.1, -0.05) is 0 Å². The van der Waals surface area contributed by atoms with Crippen molar-refractivity contribution in [3.05, 3.63) is 57.6 Å². The summed E-state index contributed by atoms with van der Waals surface area (Å²) in [6.07, 6.45) is 1.43. The molecule has 0 fully saturated rings. The maximum Gasteiger partial charge on any atom is 0.269 e. The number of nitro groups is 1. The average molecular weight is 272 g/mol. The highest BCUT2D eigenvalue weighted by atomic mass is 16.6. The van der Waals surface area contributed by atoms with Crippen LogP contribution in [0.5, 0.6) is 11.5 Å². The predicted molar refractivity (Wildman–Crippen MR) is 74.9 cm³/mol. The van der Waals surface area contributed by atoms with Gasteiger partial charge in [-0.2, -0.15) is 0 Å². The minimum absolute atomic E-state index is 0.00827. The van der Waals surface area contributed by atoms with Gasteiger partial charge in [-0.05, 0) is 30.7 Å². The van der Waals surface area contributed by atoms with Crippen LogP contribution in [0.25, 0.3) is 0 Å². The summed E-state index contributed by atoms with van der Waals surface area (Å²) < 4.78 is 0. The summed E-state index contributed by atoms with van der Waals surface area (Å²) in [5, 5.41) is 29.4. The van der Waals surface area contributed by atoms with Crippen molar-refractivity contribution in [2.24, 2.45) is 4.99 Å². The Kier molecular flexibility index (Phi) is 3.65. The van der Waals surface area contributed by atoms with Gasteiger partial charge in [0.05, 0.1) is 10.6 Å². The molecule has 0 aliphatic rings. The zero-order valence-electron chi connectivity index (χ0n) is 10.6. The van der Waals surface area contributed by atoms with Crippen LogP contribution in [0.2, 0.25) is 0 Å². The fourth-order valence-corrected chi connectivity index (χ4v) is 1.68. The number of phenolic OH excluding ortho intramolecular Hbond substituents is 2. The number of aryl methyl sites for hydroxylation is 1. The lowest BCUT2D eigenvalue weighted by atomic mass is 10.1. The molecule has 0 aromatic heterocycles. The highest BCUT2D eigenvalue weighted by Gasteiger charge is 2.07. The predicted octanol–water partition coefficient (Wildman–Crippen LogP) is 3.07. The molecule has 2 rings (SSSR count). The Bertz CT molecular complexity index is 696. The number of hydrogen-bond acceptors (Lipinski definition) is 5. The molecule has 0 saturated heterocycles. The molecule has 0 amide bonds. The first-order valence-corrected chi connectivity index (χ1v) is 5.78. The number of phenols is 2. The van der Waals surface area contributed by atoms with Gasteiger partial charge in [0.1, 0.15) is 11.5 Å². The van der Waals surface area contributed by atoms with Gasteiger partial charge in [0.25, 0.3) is 5.69 Å². The molecule has 0 unspecified atom stereocenters. The van der Waals surface area contributed by atoms with Crippen molar-refractivity contribution in [3.63, 3.8) is 0 Å². The summed E-state index contributed by atoms with van der Waals surface area (Å²) in [5.74, 6) is -0.125. The smallest absolute Gasteiger partial charge is 0.269 e. The van der Waals surface area contributed by atoms with Crippen molar-refractivity contribution < 1.29 is 15.1 Å². The molecule has 0 heterocycles. The van der Waals surface area contributed by atoms with Crippen molar-refractivity contribution >= 4 is 17.6 Å². The summed E-state index contributed by atoms with van der Waals surface area (Å²) in [7, 11) is 0. The van der Waals surface area contributed by atoms with Crippen LogP contribution in [0, 0.1) is 17.0 Å². The monoisotopic (exact) mass is 272 g/mol. The van der Waals surface area contributed by atoms with Gasteiger partial charge < -0.3 is 10.2 Å². The third-order valence-corrected chi connectivity index (χ3v) is 2.75. The molecule has 20 heavy (non-hydrogen) atoms. The van der Waals surface area contributed by atoms with E-state index in [4.69, 9.17) is 0 Å². The van der Waals surface area contributed by atoms with E-state index >= 15 is 0 Å². The van der Waals surface area contributed by atoms with Crippen LogP contribution in [0.3, 0.4) is 0 Å². The fourth-order valence-electron chi connectivity index (χ4n) is 1.68. The van der Waals surface area contributed by atoms with Gasteiger partial charge in [-0.25, -0.2) is 0 Å². The fraction of sp³-hybridized carbons (Fsp3) is 0.0714. The summed E-state index contributed by atoms with van der Waals surface area (Å²) in [6, 6.07) is 8.52. The van der Waals surface area contributed by atoms with Crippen LogP contribution >= 0.6 is 0 Å². The van der Waals surface area contributed by atoms with E-state index in [-0.39, 0.29) is 17.2 Å². The number of rotatable bonds is 3. The number of aromatic hydroxyl groups is 2. The zero-order valence-corrected chi connectivity index (χ0v) is 10.6. The normalized spacial score (nSPS) is 10.8. The molecule has 0 aliphatic carbocycles. The average Bonchev–Trinajstić information content (AvgIpc) is 2.38. The minimum atomic E-state index is -0.466. The Labute approximate surface area is 114 Å². The first kappa shape index (κ1) is 13.5. The maximum atomic E-state index is 10.6. The second-order valence-corrected chi connectivity index (χ2v) is 4.23. The van der Waals surface area contributed by atoms with E-state index in [0.29, 0.717) is 16.8 Å². The highest BCUT2D eigenvalue weighted by molar-refractivity contribution is 5.86. The second-order valence-electron chi connectivity index (χ2n) is 4.23. The van der Waals surface area contributed by atoms with Gasteiger partial charge in [-0.15, -0.1) is 0 Å². The van der Waals surface area contributed by atoms with Gasteiger partial charge in [0, 0.05) is 30.0 Å². The summed E-state index contributed by atoms with van der Waals surface area (Å²) in [5.41, 5.74) is 1.69. The Morgan fingerprint density at radius 3 is 2.55 bits per heavy atom. The Morgan fingerprint density at radius 1 is 1.20 bits per heavy atom. The molecule has 2 aromatic rings. The van der Waals surface area contributed by atoms with Gasteiger partial charge in [0.15, 0.2) is 0 Å². The van der Waals surface area contributed by atoms with Crippen molar-refractivity contribution in [1.29, 1.82) is 0 Å². The molecule has 2 N–H and O–H groups in total. The zero-order chi connectivity index (χ0) is 14.7. The summed E-state index contributed by atoms with van der Waals surface area (Å²) in [6.45, 7) is 1.72. The van der Waals surface area contributed by atoms with Gasteiger partial charge in [-0.3, -0.25) is 15.1 Å². The van der Waals surface area contributed by atoms with Crippen molar-refractivity contribution in [2.75, 3.05) is 0 Å². The third-order valence-electron chi connectivity index (χ3n) is 2.75. The number of non-ortho nitro benzene ring substituents is 1. The standard InChI is InChI=1S/C14H12N2O4/c1-9-6-11(16(19)20)3-5-13(9)15-8-10-2-4-12(17)7-14(10)18/h2-8,17-18H,1H3. The van der Waals surface area contributed by atoms with Crippen molar-refractivity contribution in [3.8, 4) is 11.5 Å². The first-order valence-electron chi connectivity index (χ1n) is 5.78. The van der Waals surface area contributed by atoms with E-state index in [1.54, 1.807) is 13.0 Å². The molecule has 0 bridgehead atoms. The topological polar surface area (TPSA) is 96.0 Å². The largest absolute Gasteiger partial charge is 0.508 e. The number of nitro benzene ring substituents is 1. The summed E-state index contributed by atoms with van der Waals surface area (Å²) in [4.78, 5) is 14.3. The Hall–Kier alpha value is -2.89. The molecule has 0 spiro atoms. The molecule has 6 heteroatoms. The van der Waals surface area contributed by atoms with Crippen LogP contribution in [0.4, 0.5) is 11.4 Å². The van der Waals surface area contributed by atoms with Gasteiger partial charge >= 0.3 is 0 Å². The number of hydrogen-bond donors (Lipinski definition) is 2. The molecule has 6 nitrogen and oxygen atoms in total. The van der Waals surface area contributed by atoms with Crippen LogP contribution < -0.4 is 0 Å². The molecular weight excluding hydrogens is 260 g/mol. The van der Waals surface area contributed by atoms with Crippen molar-refractivity contribution in [2.45, 2.75) is 6.92 Å².